The van der Waals surface area contributed by atoms with E-state index in [1.165, 1.54) is 18.2 Å². The van der Waals surface area contributed by atoms with Gasteiger partial charge < -0.3 is 14.0 Å². The average Bonchev–Trinajstić information content (AvgIpc) is 2.85. The zero-order valence-corrected chi connectivity index (χ0v) is 14.2. The monoisotopic (exact) mass is 362 g/mol. The molecule has 0 saturated carbocycles. The van der Waals surface area contributed by atoms with E-state index in [0.717, 1.165) is 16.9 Å². The fraction of sp³-hybridized carbons (Fsp3) is 0.286. The molecule has 0 atom stereocenters. The lowest BCUT2D eigenvalue weighted by Crippen LogP contribution is -2.08. The Morgan fingerprint density at radius 3 is 2.59 bits per heavy atom. The number of aliphatic hydroxyl groups is 1. The van der Waals surface area contributed by atoms with Crippen LogP contribution in [0.1, 0.15) is 12.0 Å². The molecule has 5 nitrogen and oxygen atoms in total. The minimum Gasteiger partial charge on any atom is -0.493 e. The lowest BCUT2D eigenvalue weighted by Gasteiger charge is -2.10. The minimum absolute atomic E-state index is 0.0304. The summed E-state index contributed by atoms with van der Waals surface area (Å²) in [4.78, 5) is 0. The highest BCUT2D eigenvalue weighted by Gasteiger charge is 2.19. The summed E-state index contributed by atoms with van der Waals surface area (Å²) < 4.78 is 35.3. The number of thiophene rings is 1. The molecule has 2 aromatic rings. The van der Waals surface area contributed by atoms with Gasteiger partial charge in [-0.1, -0.05) is 11.6 Å². The number of halogens is 1. The number of ether oxygens (including phenoxy) is 1. The number of hydrogen-bond donors (Lipinski definition) is 1. The number of rotatable bonds is 7. The molecular weight excluding hydrogens is 348 g/mol. The molecular formula is C14H15ClO5S2. The van der Waals surface area contributed by atoms with Crippen molar-refractivity contribution < 1.29 is 22.4 Å². The highest BCUT2D eigenvalue weighted by Crippen LogP contribution is 2.30. The van der Waals surface area contributed by atoms with Crippen LogP contribution >= 0.6 is 22.9 Å². The molecule has 0 amide bonds. The smallest absolute Gasteiger partial charge is 0.348 e. The van der Waals surface area contributed by atoms with Crippen molar-refractivity contribution in [2.45, 2.75) is 17.6 Å². The van der Waals surface area contributed by atoms with Gasteiger partial charge in [-0.2, -0.15) is 8.42 Å². The molecule has 1 N–H and O–H groups in total. The molecule has 0 spiro atoms. The SMILES string of the molecule is Cc1cc(OCCCO)cc(OS(=O)(=O)c2ccc(Cl)s2)c1. The second-order valence-electron chi connectivity index (χ2n) is 4.50. The largest absolute Gasteiger partial charge is 0.493 e. The molecule has 0 aliphatic heterocycles. The van der Waals surface area contributed by atoms with E-state index in [9.17, 15) is 8.42 Å². The van der Waals surface area contributed by atoms with E-state index in [4.69, 9.17) is 25.6 Å². The van der Waals surface area contributed by atoms with Gasteiger partial charge in [0.25, 0.3) is 0 Å². The zero-order chi connectivity index (χ0) is 16.2. The summed E-state index contributed by atoms with van der Waals surface area (Å²) in [7, 11) is -3.91. The molecule has 1 aromatic carbocycles. The van der Waals surface area contributed by atoms with Crippen molar-refractivity contribution >= 4 is 33.1 Å². The lowest BCUT2D eigenvalue weighted by atomic mass is 10.2. The van der Waals surface area contributed by atoms with Crippen LogP contribution in [0.4, 0.5) is 0 Å². The molecule has 0 bridgehead atoms. The molecule has 0 radical (unpaired) electrons. The molecule has 2 rings (SSSR count). The third-order valence-corrected chi connectivity index (χ3v) is 5.53. The molecule has 0 saturated heterocycles. The molecule has 0 fully saturated rings. The summed E-state index contributed by atoms with van der Waals surface area (Å²) >= 11 is 6.68. The highest BCUT2D eigenvalue weighted by molar-refractivity contribution is 7.89. The third kappa shape index (κ3) is 4.61. The molecule has 8 heteroatoms. The Balaban J connectivity index is 2.18. The van der Waals surface area contributed by atoms with Crippen molar-refractivity contribution in [2.75, 3.05) is 13.2 Å². The van der Waals surface area contributed by atoms with Crippen LogP contribution in [0.5, 0.6) is 11.5 Å². The molecule has 0 unspecified atom stereocenters. The standard InChI is InChI=1S/C14H15ClO5S2/c1-10-7-11(19-6-2-5-16)9-12(8-10)20-22(17,18)14-4-3-13(15)21-14/h3-4,7-9,16H,2,5-6H2,1H3. The lowest BCUT2D eigenvalue weighted by molar-refractivity contribution is 0.233. The Morgan fingerprint density at radius 1 is 1.23 bits per heavy atom. The summed E-state index contributed by atoms with van der Waals surface area (Å²) in [5.74, 6) is 0.659. The van der Waals surface area contributed by atoms with Gasteiger partial charge in [-0.25, -0.2) is 0 Å². The molecule has 22 heavy (non-hydrogen) atoms. The number of aryl methyl sites for hydroxylation is 1. The second-order valence-corrected chi connectivity index (χ2v) is 7.99. The van der Waals surface area contributed by atoms with E-state index >= 15 is 0 Å². The van der Waals surface area contributed by atoms with Crippen molar-refractivity contribution in [3.63, 3.8) is 0 Å². The number of hydrogen-bond acceptors (Lipinski definition) is 6. The zero-order valence-electron chi connectivity index (χ0n) is 11.8. The second kappa shape index (κ2) is 7.32. The third-order valence-electron chi connectivity index (χ3n) is 2.60. The van der Waals surface area contributed by atoms with Crippen LogP contribution in [-0.4, -0.2) is 26.7 Å². The van der Waals surface area contributed by atoms with Crippen molar-refractivity contribution in [3.8, 4) is 11.5 Å². The van der Waals surface area contributed by atoms with Crippen LogP contribution in [0.15, 0.2) is 34.5 Å². The number of benzene rings is 1. The normalized spacial score (nSPS) is 11.4. The quantitative estimate of drug-likeness (QED) is 0.604. The van der Waals surface area contributed by atoms with Crippen LogP contribution in [0.2, 0.25) is 4.34 Å². The first-order valence-corrected chi connectivity index (χ1v) is 9.06. The van der Waals surface area contributed by atoms with E-state index in [-0.39, 0.29) is 16.6 Å². The fourth-order valence-corrected chi connectivity index (χ4v) is 4.06. The Labute approximate surface area is 138 Å². The Hall–Kier alpha value is -1.28. The van der Waals surface area contributed by atoms with E-state index in [1.807, 2.05) is 0 Å². The van der Waals surface area contributed by atoms with Crippen molar-refractivity contribution in [1.29, 1.82) is 0 Å². The molecule has 0 aliphatic carbocycles. The Bertz CT molecular complexity index is 739. The number of aliphatic hydroxyl groups excluding tert-OH is 1. The predicted molar refractivity (Wildman–Crippen MR) is 85.5 cm³/mol. The van der Waals surface area contributed by atoms with Gasteiger partial charge in [0, 0.05) is 19.1 Å². The maximum absolute atomic E-state index is 12.2. The van der Waals surface area contributed by atoms with Gasteiger partial charge in [0.05, 0.1) is 10.9 Å². The van der Waals surface area contributed by atoms with Crippen molar-refractivity contribution in [1.82, 2.24) is 0 Å². The van der Waals surface area contributed by atoms with E-state index in [1.54, 1.807) is 19.1 Å². The van der Waals surface area contributed by atoms with Crippen molar-refractivity contribution in [2.24, 2.45) is 0 Å². The molecule has 0 aliphatic rings. The van der Waals surface area contributed by atoms with Gasteiger partial charge in [-0.3, -0.25) is 0 Å². The van der Waals surface area contributed by atoms with Gasteiger partial charge in [0.15, 0.2) is 4.21 Å². The fourth-order valence-electron chi connectivity index (χ4n) is 1.70. The first-order valence-electron chi connectivity index (χ1n) is 6.46. The van der Waals surface area contributed by atoms with Crippen LogP contribution in [0.25, 0.3) is 0 Å². The molecule has 120 valence electrons. The maximum Gasteiger partial charge on any atom is 0.348 e. The van der Waals surface area contributed by atoms with Crippen LogP contribution in [0, 0.1) is 6.92 Å². The van der Waals surface area contributed by atoms with E-state index in [0.29, 0.717) is 23.1 Å². The van der Waals surface area contributed by atoms with E-state index < -0.39 is 10.1 Å². The van der Waals surface area contributed by atoms with Crippen molar-refractivity contribution in [3.05, 3.63) is 40.2 Å². The molecule has 1 heterocycles. The van der Waals surface area contributed by atoms with Crippen LogP contribution in [-0.2, 0) is 10.1 Å². The van der Waals surface area contributed by atoms with Gasteiger partial charge in [0.2, 0.25) is 0 Å². The summed E-state index contributed by atoms with van der Waals surface area (Å²) in [5.41, 5.74) is 0.802. The minimum atomic E-state index is -3.91. The van der Waals surface area contributed by atoms with Crippen LogP contribution in [0.3, 0.4) is 0 Å². The Morgan fingerprint density at radius 2 is 1.95 bits per heavy atom. The summed E-state index contributed by atoms with van der Waals surface area (Å²) in [6, 6.07) is 7.76. The summed E-state index contributed by atoms with van der Waals surface area (Å²) in [6.45, 7) is 2.18. The van der Waals surface area contributed by atoms with Gasteiger partial charge in [-0.05, 0) is 36.8 Å². The van der Waals surface area contributed by atoms with Gasteiger partial charge in [-0.15, -0.1) is 11.3 Å². The average molecular weight is 363 g/mol. The first-order chi connectivity index (χ1) is 10.4. The highest BCUT2D eigenvalue weighted by atomic mass is 35.5. The Kier molecular flexibility index (Phi) is 5.69. The summed E-state index contributed by atoms with van der Waals surface area (Å²) in [6.07, 6.45) is 0.496. The molecule has 1 aromatic heterocycles. The predicted octanol–water partition coefficient (Wildman–Crippen LogP) is 3.24. The van der Waals surface area contributed by atoms with E-state index in [2.05, 4.69) is 0 Å². The van der Waals surface area contributed by atoms with Gasteiger partial charge in [0.1, 0.15) is 11.5 Å². The summed E-state index contributed by atoms with van der Waals surface area (Å²) in [5, 5.41) is 8.74. The maximum atomic E-state index is 12.2. The topological polar surface area (TPSA) is 72.8 Å². The van der Waals surface area contributed by atoms with Crippen LogP contribution < -0.4 is 8.92 Å². The van der Waals surface area contributed by atoms with Gasteiger partial charge >= 0.3 is 10.1 Å². The first kappa shape index (κ1) is 17.1.